The van der Waals surface area contributed by atoms with Crippen molar-refractivity contribution < 1.29 is 18.7 Å². The van der Waals surface area contributed by atoms with Crippen LogP contribution in [0.1, 0.15) is 17.7 Å². The highest BCUT2D eigenvalue weighted by atomic mass is 19.1. The van der Waals surface area contributed by atoms with Crippen LogP contribution in [-0.4, -0.2) is 27.9 Å². The van der Waals surface area contributed by atoms with Gasteiger partial charge in [-0.25, -0.2) is 4.39 Å². The number of benzene rings is 2. The third kappa shape index (κ3) is 4.40. The maximum absolute atomic E-state index is 13.3. The topological polar surface area (TPSA) is 106 Å². The van der Waals surface area contributed by atoms with E-state index < -0.39 is 11.4 Å². The van der Waals surface area contributed by atoms with E-state index in [2.05, 4.69) is 20.5 Å². The Hall–Kier alpha value is -3.75. The number of hydrogen-bond donors (Lipinski definition) is 2. The summed E-state index contributed by atoms with van der Waals surface area (Å²) in [5.41, 5.74) is 0.980. The Kier molecular flexibility index (Phi) is 5.19. The molecule has 2 aromatic carbocycles. The number of fused-ring (bicyclic) bond motifs is 1. The van der Waals surface area contributed by atoms with Gasteiger partial charge < -0.3 is 19.8 Å². The second-order valence-corrected chi connectivity index (χ2v) is 6.42. The highest BCUT2D eigenvalue weighted by Gasteiger charge is 2.14. The van der Waals surface area contributed by atoms with Crippen LogP contribution in [0.3, 0.4) is 0 Å². The molecule has 29 heavy (non-hydrogen) atoms. The van der Waals surface area contributed by atoms with Crippen LogP contribution in [0.5, 0.6) is 11.5 Å². The summed E-state index contributed by atoms with van der Waals surface area (Å²) in [6, 6.07) is 11.1. The molecular weight excluding hydrogens is 379 g/mol. The van der Waals surface area contributed by atoms with Crippen LogP contribution in [0.4, 0.5) is 4.39 Å². The molecule has 0 unspecified atom stereocenters. The van der Waals surface area contributed by atoms with Gasteiger partial charge in [0.05, 0.1) is 0 Å². The summed E-state index contributed by atoms with van der Waals surface area (Å²) in [6.45, 7) is 0.523. The van der Waals surface area contributed by atoms with Gasteiger partial charge in [0.2, 0.25) is 12.7 Å². The molecule has 1 aliphatic rings. The van der Waals surface area contributed by atoms with Crippen LogP contribution in [0.25, 0.3) is 11.4 Å². The van der Waals surface area contributed by atoms with Gasteiger partial charge in [0, 0.05) is 24.9 Å². The van der Waals surface area contributed by atoms with Crippen molar-refractivity contribution in [3.05, 3.63) is 69.9 Å². The summed E-state index contributed by atoms with van der Waals surface area (Å²) in [5, 5.41) is 10.6. The van der Waals surface area contributed by atoms with E-state index in [0.29, 0.717) is 23.6 Å². The van der Waals surface area contributed by atoms with Crippen LogP contribution in [0.15, 0.2) is 47.3 Å². The highest BCUT2D eigenvalue weighted by Crippen LogP contribution is 2.32. The third-order valence-corrected chi connectivity index (χ3v) is 4.38. The van der Waals surface area contributed by atoms with Gasteiger partial charge in [-0.1, -0.05) is 18.2 Å². The van der Waals surface area contributed by atoms with Gasteiger partial charge in [0.15, 0.2) is 17.3 Å². The van der Waals surface area contributed by atoms with Gasteiger partial charge in [-0.2, -0.15) is 0 Å². The SMILES string of the molecule is O=C(CCc1nnc(-c2cccc(F)c2)[nH]c1=O)NCc1ccc2c(c1)OCO2. The first-order chi connectivity index (χ1) is 14.1. The molecule has 2 heterocycles. The summed E-state index contributed by atoms with van der Waals surface area (Å²) in [4.78, 5) is 26.9. The highest BCUT2D eigenvalue weighted by molar-refractivity contribution is 5.76. The molecule has 0 saturated heterocycles. The number of rotatable bonds is 6. The van der Waals surface area contributed by atoms with Gasteiger partial charge in [-0.15, -0.1) is 10.2 Å². The van der Waals surface area contributed by atoms with Crippen molar-refractivity contribution >= 4 is 5.91 Å². The zero-order valence-electron chi connectivity index (χ0n) is 15.3. The number of amides is 1. The van der Waals surface area contributed by atoms with Crippen molar-refractivity contribution in [3.63, 3.8) is 0 Å². The first-order valence-corrected chi connectivity index (χ1v) is 8.95. The van der Waals surface area contributed by atoms with E-state index >= 15 is 0 Å². The molecule has 0 spiro atoms. The Morgan fingerprint density at radius 1 is 1.14 bits per heavy atom. The molecule has 2 N–H and O–H groups in total. The zero-order chi connectivity index (χ0) is 20.2. The standard InChI is InChI=1S/C20H17FN4O4/c21-14-3-1-2-13(9-14)19-23-20(27)15(24-25-19)5-7-18(26)22-10-12-4-6-16-17(8-12)29-11-28-16/h1-4,6,8-9H,5,7,10-11H2,(H,22,26)(H,23,25,27). The number of aryl methyl sites for hydroxylation is 1. The van der Waals surface area contributed by atoms with Gasteiger partial charge in [-0.05, 0) is 29.8 Å². The number of halogens is 1. The first kappa shape index (κ1) is 18.6. The molecule has 9 heteroatoms. The summed E-state index contributed by atoms with van der Waals surface area (Å²) in [7, 11) is 0. The maximum atomic E-state index is 13.3. The van der Waals surface area contributed by atoms with E-state index in [0.717, 1.165) is 5.56 Å². The Morgan fingerprint density at radius 2 is 2.00 bits per heavy atom. The monoisotopic (exact) mass is 396 g/mol. The first-order valence-electron chi connectivity index (χ1n) is 8.95. The van der Waals surface area contributed by atoms with Gasteiger partial charge in [-0.3, -0.25) is 9.59 Å². The second kappa shape index (κ2) is 8.09. The Labute approximate surface area is 164 Å². The lowest BCUT2D eigenvalue weighted by Gasteiger charge is -2.06. The molecule has 0 radical (unpaired) electrons. The van der Waals surface area contributed by atoms with Crippen LogP contribution >= 0.6 is 0 Å². The zero-order valence-corrected chi connectivity index (χ0v) is 15.3. The van der Waals surface area contributed by atoms with Crippen LogP contribution < -0.4 is 20.3 Å². The molecular formula is C20H17FN4O4. The minimum absolute atomic E-state index is 0.0849. The van der Waals surface area contributed by atoms with Crippen LogP contribution in [0, 0.1) is 5.82 Å². The molecule has 1 amide bonds. The molecule has 148 valence electrons. The fourth-order valence-corrected chi connectivity index (χ4v) is 2.86. The fourth-order valence-electron chi connectivity index (χ4n) is 2.86. The Morgan fingerprint density at radius 3 is 2.83 bits per heavy atom. The largest absolute Gasteiger partial charge is 0.454 e. The van der Waals surface area contributed by atoms with Gasteiger partial charge in [0.1, 0.15) is 11.5 Å². The molecule has 1 aromatic heterocycles. The van der Waals surface area contributed by atoms with Crippen molar-refractivity contribution in [2.24, 2.45) is 0 Å². The molecule has 1 aliphatic heterocycles. The number of H-pyrrole nitrogens is 1. The van der Waals surface area contributed by atoms with Crippen LogP contribution in [0.2, 0.25) is 0 Å². The van der Waals surface area contributed by atoms with E-state index in [1.165, 1.54) is 18.2 Å². The second-order valence-electron chi connectivity index (χ2n) is 6.42. The summed E-state index contributed by atoms with van der Waals surface area (Å²) >= 11 is 0. The minimum atomic E-state index is -0.456. The Bertz CT molecular complexity index is 1120. The summed E-state index contributed by atoms with van der Waals surface area (Å²) < 4.78 is 23.9. The molecule has 0 atom stereocenters. The van der Waals surface area contributed by atoms with Crippen molar-refractivity contribution in [1.82, 2.24) is 20.5 Å². The number of carbonyl (C=O) groups excluding carboxylic acids is 1. The van der Waals surface area contributed by atoms with Gasteiger partial charge in [0.25, 0.3) is 5.56 Å². The average Bonchev–Trinajstić information content (AvgIpc) is 3.19. The number of nitrogens with one attached hydrogen (secondary N) is 2. The summed E-state index contributed by atoms with van der Waals surface area (Å²) in [6.07, 6.45) is 0.223. The van der Waals surface area contributed by atoms with Crippen molar-refractivity contribution in [2.75, 3.05) is 6.79 Å². The lowest BCUT2D eigenvalue weighted by Crippen LogP contribution is -2.25. The minimum Gasteiger partial charge on any atom is -0.454 e. The lowest BCUT2D eigenvalue weighted by atomic mass is 10.2. The number of carbonyl (C=O) groups is 1. The number of hydrogen-bond acceptors (Lipinski definition) is 6. The number of aromatic amines is 1. The smallest absolute Gasteiger partial charge is 0.273 e. The summed E-state index contributed by atoms with van der Waals surface area (Å²) in [5.74, 6) is 0.841. The third-order valence-electron chi connectivity index (χ3n) is 4.38. The Balaban J connectivity index is 1.32. The number of nitrogens with zero attached hydrogens (tertiary/aromatic N) is 2. The van der Waals surface area contributed by atoms with E-state index in [1.807, 2.05) is 12.1 Å². The predicted octanol–water partition coefficient (Wildman–Crippen LogP) is 1.95. The normalized spacial score (nSPS) is 12.0. The number of ether oxygens (including phenoxy) is 2. The maximum Gasteiger partial charge on any atom is 0.273 e. The van der Waals surface area contributed by atoms with E-state index in [9.17, 15) is 14.0 Å². The van der Waals surface area contributed by atoms with Crippen molar-refractivity contribution in [2.45, 2.75) is 19.4 Å². The lowest BCUT2D eigenvalue weighted by molar-refractivity contribution is -0.121. The van der Waals surface area contributed by atoms with E-state index in [4.69, 9.17) is 9.47 Å². The van der Waals surface area contributed by atoms with E-state index in [1.54, 1.807) is 12.1 Å². The van der Waals surface area contributed by atoms with Crippen LogP contribution in [-0.2, 0) is 17.8 Å². The molecule has 0 aliphatic carbocycles. The molecule has 3 aromatic rings. The quantitative estimate of drug-likeness (QED) is 0.660. The van der Waals surface area contributed by atoms with Crippen molar-refractivity contribution in [3.8, 4) is 22.9 Å². The fraction of sp³-hybridized carbons (Fsp3) is 0.200. The van der Waals surface area contributed by atoms with Crippen molar-refractivity contribution in [1.29, 1.82) is 0 Å². The van der Waals surface area contributed by atoms with Gasteiger partial charge >= 0.3 is 0 Å². The predicted molar refractivity (Wildman–Crippen MR) is 101 cm³/mol. The van der Waals surface area contributed by atoms with E-state index in [-0.39, 0.29) is 37.1 Å². The average molecular weight is 396 g/mol. The molecule has 4 rings (SSSR count). The molecule has 0 bridgehead atoms. The molecule has 0 fully saturated rings. The number of aromatic nitrogens is 3. The molecule has 8 nitrogen and oxygen atoms in total. The molecule has 0 saturated carbocycles.